The number of benzene rings is 1. The Hall–Kier alpha value is -1.24. The lowest BCUT2D eigenvalue weighted by atomic mass is 10.2. The van der Waals surface area contributed by atoms with E-state index in [2.05, 4.69) is 17.2 Å². The predicted molar refractivity (Wildman–Crippen MR) is 76.9 cm³/mol. The first-order chi connectivity index (χ1) is 8.97. The SMILES string of the molecule is CC(NCc1ccc(S(C)(=O)=O)cc1)c1nccs1. The van der Waals surface area contributed by atoms with Crippen LogP contribution in [0.3, 0.4) is 0 Å². The van der Waals surface area contributed by atoms with Gasteiger partial charge in [-0.2, -0.15) is 0 Å². The van der Waals surface area contributed by atoms with Crippen molar-refractivity contribution in [3.63, 3.8) is 0 Å². The first-order valence-electron chi connectivity index (χ1n) is 5.88. The second kappa shape index (κ2) is 5.81. The molecule has 4 nitrogen and oxygen atoms in total. The zero-order chi connectivity index (χ0) is 13.9. The van der Waals surface area contributed by atoms with Crippen molar-refractivity contribution in [1.29, 1.82) is 0 Å². The van der Waals surface area contributed by atoms with E-state index in [1.807, 2.05) is 17.5 Å². The van der Waals surface area contributed by atoms with Crippen molar-refractivity contribution < 1.29 is 8.42 Å². The topological polar surface area (TPSA) is 59.1 Å². The number of aromatic nitrogens is 1. The smallest absolute Gasteiger partial charge is 0.175 e. The van der Waals surface area contributed by atoms with Crippen LogP contribution in [0, 0.1) is 0 Å². The molecular weight excluding hydrogens is 280 g/mol. The molecule has 0 amide bonds. The Kier molecular flexibility index (Phi) is 4.34. The van der Waals surface area contributed by atoms with E-state index in [9.17, 15) is 8.42 Å². The average Bonchev–Trinajstić information content (AvgIpc) is 2.89. The number of nitrogens with zero attached hydrogens (tertiary/aromatic N) is 1. The normalized spacial score (nSPS) is 13.4. The zero-order valence-corrected chi connectivity index (χ0v) is 12.5. The lowest BCUT2D eigenvalue weighted by Gasteiger charge is -2.11. The van der Waals surface area contributed by atoms with Gasteiger partial charge in [0.15, 0.2) is 9.84 Å². The summed E-state index contributed by atoms with van der Waals surface area (Å²) >= 11 is 1.62. The van der Waals surface area contributed by atoms with Gasteiger partial charge in [0.1, 0.15) is 5.01 Å². The van der Waals surface area contributed by atoms with Gasteiger partial charge in [0, 0.05) is 24.4 Å². The van der Waals surface area contributed by atoms with E-state index in [4.69, 9.17) is 0 Å². The average molecular weight is 296 g/mol. The van der Waals surface area contributed by atoms with Crippen LogP contribution in [0.15, 0.2) is 40.7 Å². The van der Waals surface area contributed by atoms with Crippen LogP contribution in [0.1, 0.15) is 23.5 Å². The predicted octanol–water partition coefficient (Wildman–Crippen LogP) is 2.40. The Morgan fingerprint density at radius 3 is 2.53 bits per heavy atom. The molecule has 0 bridgehead atoms. The van der Waals surface area contributed by atoms with Gasteiger partial charge in [0.05, 0.1) is 10.9 Å². The maximum Gasteiger partial charge on any atom is 0.175 e. The highest BCUT2D eigenvalue weighted by Gasteiger charge is 2.08. The van der Waals surface area contributed by atoms with Crippen LogP contribution in [0.4, 0.5) is 0 Å². The van der Waals surface area contributed by atoms with E-state index in [1.165, 1.54) is 6.26 Å². The zero-order valence-electron chi connectivity index (χ0n) is 10.8. The molecule has 0 aliphatic carbocycles. The van der Waals surface area contributed by atoms with Gasteiger partial charge in [-0.05, 0) is 24.6 Å². The molecule has 1 aromatic heterocycles. The fourth-order valence-electron chi connectivity index (χ4n) is 1.66. The number of sulfone groups is 1. The minimum Gasteiger partial charge on any atom is -0.304 e. The summed E-state index contributed by atoms with van der Waals surface area (Å²) in [6.07, 6.45) is 3.00. The fraction of sp³-hybridized carbons (Fsp3) is 0.308. The molecule has 0 radical (unpaired) electrons. The number of thiazole rings is 1. The van der Waals surface area contributed by atoms with E-state index >= 15 is 0 Å². The molecule has 19 heavy (non-hydrogen) atoms. The summed E-state index contributed by atoms with van der Waals surface area (Å²) in [7, 11) is -3.12. The Labute approximate surface area is 117 Å². The second-order valence-electron chi connectivity index (χ2n) is 4.39. The molecule has 0 aliphatic heterocycles. The summed E-state index contributed by atoms with van der Waals surface area (Å²) in [5.74, 6) is 0. The van der Waals surface area contributed by atoms with E-state index in [0.29, 0.717) is 11.4 Å². The van der Waals surface area contributed by atoms with E-state index in [-0.39, 0.29) is 6.04 Å². The maximum absolute atomic E-state index is 11.3. The molecule has 1 N–H and O–H groups in total. The first kappa shape index (κ1) is 14.2. The number of hydrogen-bond acceptors (Lipinski definition) is 5. The molecule has 1 aromatic carbocycles. The molecule has 102 valence electrons. The molecule has 1 heterocycles. The lowest BCUT2D eigenvalue weighted by molar-refractivity contribution is 0.571. The van der Waals surface area contributed by atoms with E-state index < -0.39 is 9.84 Å². The van der Waals surface area contributed by atoms with Gasteiger partial charge in [0.2, 0.25) is 0 Å². The van der Waals surface area contributed by atoms with Gasteiger partial charge in [-0.1, -0.05) is 12.1 Å². The molecule has 0 aliphatic rings. The second-order valence-corrected chi connectivity index (χ2v) is 7.33. The Morgan fingerprint density at radius 1 is 1.32 bits per heavy atom. The monoisotopic (exact) mass is 296 g/mol. The molecular formula is C13H16N2O2S2. The van der Waals surface area contributed by atoms with Crippen LogP contribution >= 0.6 is 11.3 Å². The summed E-state index contributed by atoms with van der Waals surface area (Å²) in [6.45, 7) is 2.74. The third-order valence-electron chi connectivity index (χ3n) is 2.79. The van der Waals surface area contributed by atoms with Gasteiger partial charge in [-0.15, -0.1) is 11.3 Å². The summed E-state index contributed by atoms with van der Waals surface area (Å²) in [4.78, 5) is 4.60. The van der Waals surface area contributed by atoms with Crippen molar-refractivity contribution in [1.82, 2.24) is 10.3 Å². The molecule has 0 fully saturated rings. The highest BCUT2D eigenvalue weighted by Crippen LogP contribution is 2.16. The molecule has 2 aromatic rings. The molecule has 2 rings (SSSR count). The van der Waals surface area contributed by atoms with Gasteiger partial charge in [-0.25, -0.2) is 13.4 Å². The summed E-state index contributed by atoms with van der Waals surface area (Å²) in [5, 5.41) is 6.36. The van der Waals surface area contributed by atoms with Crippen molar-refractivity contribution in [3.8, 4) is 0 Å². The number of nitrogens with one attached hydrogen (secondary N) is 1. The summed E-state index contributed by atoms with van der Waals surface area (Å²) in [5.41, 5.74) is 1.05. The quantitative estimate of drug-likeness (QED) is 0.920. The maximum atomic E-state index is 11.3. The first-order valence-corrected chi connectivity index (χ1v) is 8.65. The Balaban J connectivity index is 1.97. The minimum absolute atomic E-state index is 0.189. The van der Waals surface area contributed by atoms with E-state index in [1.54, 1.807) is 29.7 Å². The van der Waals surface area contributed by atoms with Crippen molar-refractivity contribution in [2.45, 2.75) is 24.4 Å². The Morgan fingerprint density at radius 2 is 2.00 bits per heavy atom. The largest absolute Gasteiger partial charge is 0.304 e. The molecule has 0 saturated carbocycles. The molecule has 1 atom stereocenters. The van der Waals surface area contributed by atoms with Gasteiger partial charge < -0.3 is 5.32 Å². The lowest BCUT2D eigenvalue weighted by Crippen LogP contribution is -2.17. The third kappa shape index (κ3) is 3.86. The summed E-state index contributed by atoms with van der Waals surface area (Å²) < 4.78 is 22.7. The van der Waals surface area contributed by atoms with Gasteiger partial charge in [-0.3, -0.25) is 0 Å². The van der Waals surface area contributed by atoms with Crippen LogP contribution in [0.5, 0.6) is 0 Å². The van der Waals surface area contributed by atoms with Crippen LogP contribution < -0.4 is 5.32 Å². The number of rotatable bonds is 5. The van der Waals surface area contributed by atoms with Gasteiger partial charge in [0.25, 0.3) is 0 Å². The van der Waals surface area contributed by atoms with Crippen molar-refractivity contribution in [2.75, 3.05) is 6.26 Å². The van der Waals surface area contributed by atoms with Gasteiger partial charge >= 0.3 is 0 Å². The number of hydrogen-bond donors (Lipinski definition) is 1. The van der Waals surface area contributed by atoms with Crippen molar-refractivity contribution >= 4 is 21.2 Å². The van der Waals surface area contributed by atoms with Crippen LogP contribution in [-0.2, 0) is 16.4 Å². The Bertz CT molecular complexity index is 619. The molecule has 0 saturated heterocycles. The van der Waals surface area contributed by atoms with Crippen LogP contribution in [0.2, 0.25) is 0 Å². The molecule has 1 unspecified atom stereocenters. The minimum atomic E-state index is -3.12. The highest BCUT2D eigenvalue weighted by molar-refractivity contribution is 7.90. The fourth-order valence-corrected chi connectivity index (χ4v) is 2.96. The van der Waals surface area contributed by atoms with Crippen LogP contribution in [-0.4, -0.2) is 19.7 Å². The van der Waals surface area contributed by atoms with Crippen LogP contribution in [0.25, 0.3) is 0 Å². The van der Waals surface area contributed by atoms with E-state index in [0.717, 1.165) is 10.6 Å². The molecule has 6 heteroatoms. The summed E-state index contributed by atoms with van der Waals surface area (Å²) in [6, 6.07) is 7.13. The standard InChI is InChI=1S/C13H16N2O2S2/c1-10(13-14-7-8-18-13)15-9-11-3-5-12(6-4-11)19(2,16)17/h3-8,10,15H,9H2,1-2H3. The van der Waals surface area contributed by atoms with Crippen molar-refractivity contribution in [3.05, 3.63) is 46.4 Å². The highest BCUT2D eigenvalue weighted by atomic mass is 32.2. The van der Waals surface area contributed by atoms with Crippen molar-refractivity contribution in [2.24, 2.45) is 0 Å². The molecule has 0 spiro atoms. The third-order valence-corrected chi connectivity index (χ3v) is 4.87.